The molecular weight excluding hydrogens is 1250 g/mol. The molecule has 94 heavy (non-hydrogen) atoms. The second-order valence-electron chi connectivity index (χ2n) is 21.0. The van der Waals surface area contributed by atoms with Gasteiger partial charge in [0.25, 0.3) is 0 Å². The van der Waals surface area contributed by atoms with Gasteiger partial charge in [-0.3, -0.25) is 72.1 Å². The van der Waals surface area contributed by atoms with Crippen molar-refractivity contribution in [2.24, 2.45) is 22.2 Å². The number of aromatic amines is 1. The molecule has 10 amide bonds. The van der Waals surface area contributed by atoms with Gasteiger partial charge < -0.3 is 111 Å². The highest BCUT2D eigenvalue weighted by Gasteiger charge is 2.36. The third-order valence-electron chi connectivity index (χ3n) is 13.4. The van der Waals surface area contributed by atoms with Gasteiger partial charge in [0.15, 0.2) is 5.96 Å². The SMILES string of the molecule is C[C@H](NC(=O)[C@@H](N)CC(=O)O)C(=O)N[C@@H](CCC(=O)O)C(=O)N[C@@H](Cc1ccccc1)C(=O)N[C@@H](CCCN=C(N)N)C(=O)N[C@@H](Cc1cnc[nH]1)C(=O)N[C@@H](CC(=O)O)C(=O)N[C@@H](CO)C(=O)NCC(=O)N[C@@H](Cc1ccc(O)cc1)C(=O)N[C@@H](CCC(=O)O)C(=O)O. The summed E-state index contributed by atoms with van der Waals surface area (Å²) >= 11 is 0. The highest BCUT2D eigenvalue weighted by molar-refractivity contribution is 5.99. The molecule has 3 aromatic rings. The Balaban J connectivity index is 1.91. The van der Waals surface area contributed by atoms with Crippen molar-refractivity contribution in [2.45, 2.75) is 138 Å². The minimum absolute atomic E-state index is 0.0565. The molecule has 0 aliphatic rings. The molecule has 512 valence electrons. The van der Waals surface area contributed by atoms with E-state index in [2.05, 4.69) is 68.1 Å². The van der Waals surface area contributed by atoms with E-state index in [0.29, 0.717) is 11.1 Å². The maximum atomic E-state index is 14.5. The molecule has 24 N–H and O–H groups in total. The second-order valence-corrected chi connectivity index (χ2v) is 21.0. The molecule has 0 unspecified atom stereocenters. The third kappa shape index (κ3) is 28.7. The number of carboxylic acid groups (broad SMARTS) is 5. The van der Waals surface area contributed by atoms with Crippen LogP contribution in [0, 0.1) is 0 Å². The summed E-state index contributed by atoms with van der Waals surface area (Å²) in [5, 5.41) is 89.7. The van der Waals surface area contributed by atoms with Gasteiger partial charge in [-0.25, -0.2) is 9.78 Å². The molecule has 38 heteroatoms. The van der Waals surface area contributed by atoms with Crippen molar-refractivity contribution >= 4 is 94.9 Å². The molecule has 3 rings (SSSR count). The van der Waals surface area contributed by atoms with E-state index in [1.54, 1.807) is 30.3 Å². The lowest BCUT2D eigenvalue weighted by atomic mass is 10.0. The molecule has 38 nitrogen and oxygen atoms in total. The normalized spacial score (nSPS) is 14.0. The Kier molecular flexibility index (Phi) is 32.0. The predicted octanol–water partition coefficient (Wildman–Crippen LogP) is -7.22. The van der Waals surface area contributed by atoms with Gasteiger partial charge in [-0.15, -0.1) is 0 Å². The zero-order valence-electron chi connectivity index (χ0n) is 50.4. The van der Waals surface area contributed by atoms with Crippen molar-refractivity contribution in [3.63, 3.8) is 0 Å². The summed E-state index contributed by atoms with van der Waals surface area (Å²) in [5.41, 5.74) is 17.5. The standard InChI is InChI=1S/C56H76N16O22/c1-27(64-47(85)32(57)21-44(80)81)46(84)66-34(13-15-42(76)77)50(88)69-37(18-28-6-3-2-4-7-28)52(90)67-33(8-5-17-61-56(58)59)49(87)70-38(20-30-23-60-26-63-30)53(91)71-39(22-45(82)83)54(92)72-40(25-73)48(86)62-24-41(75)65-36(19-29-9-11-31(74)12-10-29)51(89)68-35(55(93)94)14-16-43(78)79/h2-4,6-7,9-12,23,26-27,32-40,73-74H,5,8,13-22,24-25,57H2,1H3,(H,60,63)(H,62,86)(H,64,85)(H,65,75)(H,66,84)(H,67,90)(H,68,89)(H,69,88)(H,70,87)(H,71,91)(H,72,92)(H,76,77)(H,78,79)(H,80,81)(H,82,83)(H,93,94)(H4,58,59,61)/t27-,32-,33-,34-,35-,36-,37-,38-,39-,40-/m0/s1. The van der Waals surface area contributed by atoms with Gasteiger partial charge >= 0.3 is 29.8 Å². The van der Waals surface area contributed by atoms with E-state index in [9.17, 15) is 97.5 Å². The molecule has 10 atom stereocenters. The molecule has 0 fully saturated rings. The van der Waals surface area contributed by atoms with Crippen LogP contribution in [-0.2, 0) is 91.2 Å². The number of nitrogens with one attached hydrogen (secondary N) is 11. The van der Waals surface area contributed by atoms with Crippen LogP contribution in [0.15, 0.2) is 72.1 Å². The Morgan fingerprint density at radius 1 is 0.511 bits per heavy atom. The highest BCUT2D eigenvalue weighted by atomic mass is 16.4. The summed E-state index contributed by atoms with van der Waals surface area (Å²) in [6.45, 7) is -1.18. The number of aliphatic hydroxyl groups is 1. The number of hydrogen-bond donors (Lipinski definition) is 21. The van der Waals surface area contributed by atoms with E-state index < -0.39 is 207 Å². The highest BCUT2D eigenvalue weighted by Crippen LogP contribution is 2.14. The lowest BCUT2D eigenvalue weighted by molar-refractivity contribution is -0.144. The largest absolute Gasteiger partial charge is 0.508 e. The van der Waals surface area contributed by atoms with Crippen molar-refractivity contribution in [1.29, 1.82) is 0 Å². The number of phenolic OH excluding ortho intramolecular Hbond substituents is 1. The zero-order valence-corrected chi connectivity index (χ0v) is 50.4. The number of carboxylic acids is 5. The molecule has 0 radical (unpaired) electrons. The van der Waals surface area contributed by atoms with Gasteiger partial charge in [0, 0.05) is 50.5 Å². The Morgan fingerprint density at radius 2 is 0.979 bits per heavy atom. The first-order chi connectivity index (χ1) is 44.3. The Morgan fingerprint density at radius 3 is 1.50 bits per heavy atom. The molecule has 0 bridgehead atoms. The zero-order chi connectivity index (χ0) is 70.2. The predicted molar refractivity (Wildman–Crippen MR) is 321 cm³/mol. The van der Waals surface area contributed by atoms with Gasteiger partial charge in [-0.2, -0.15) is 0 Å². The van der Waals surface area contributed by atoms with Crippen molar-refractivity contribution in [3.05, 3.63) is 83.9 Å². The minimum Gasteiger partial charge on any atom is -0.508 e. The average molecular weight is 1330 g/mol. The molecule has 1 aromatic heterocycles. The number of carbonyl (C=O) groups excluding carboxylic acids is 10. The Hall–Kier alpha value is -11.3. The smallest absolute Gasteiger partial charge is 0.326 e. The number of aliphatic imine (C=N–C) groups is 1. The number of H-pyrrole nitrogens is 1. The fraction of sp³-hybridized carbons (Fsp3) is 0.446. The van der Waals surface area contributed by atoms with Crippen LogP contribution in [0.2, 0.25) is 0 Å². The van der Waals surface area contributed by atoms with Gasteiger partial charge in [0.1, 0.15) is 60.1 Å². The Bertz CT molecular complexity index is 3190. The summed E-state index contributed by atoms with van der Waals surface area (Å²) in [7, 11) is 0. The fourth-order valence-electron chi connectivity index (χ4n) is 8.51. The van der Waals surface area contributed by atoms with Crippen LogP contribution in [0.3, 0.4) is 0 Å². The van der Waals surface area contributed by atoms with Gasteiger partial charge in [-0.1, -0.05) is 42.5 Å². The number of aromatic nitrogens is 2. The molecule has 0 saturated heterocycles. The number of rotatable bonds is 42. The van der Waals surface area contributed by atoms with Gasteiger partial charge in [-0.05, 0) is 55.9 Å². The van der Waals surface area contributed by atoms with Crippen molar-refractivity contribution < 1.29 is 108 Å². The number of aliphatic carboxylic acids is 5. The van der Waals surface area contributed by atoms with E-state index in [1.165, 1.54) is 36.8 Å². The molecule has 1 heterocycles. The van der Waals surface area contributed by atoms with Crippen LogP contribution in [0.4, 0.5) is 0 Å². The minimum atomic E-state index is -2.11. The lowest BCUT2D eigenvalue weighted by Gasteiger charge is -2.27. The fourth-order valence-corrected chi connectivity index (χ4v) is 8.51. The van der Waals surface area contributed by atoms with Crippen LogP contribution in [0.25, 0.3) is 0 Å². The lowest BCUT2D eigenvalue weighted by Crippen LogP contribution is -2.61. The number of benzene rings is 2. The quantitative estimate of drug-likeness (QED) is 0.0142. The molecule has 0 aliphatic heterocycles. The van der Waals surface area contributed by atoms with Crippen LogP contribution < -0.4 is 70.4 Å². The van der Waals surface area contributed by atoms with Crippen LogP contribution in [-0.4, -0.2) is 221 Å². The summed E-state index contributed by atoms with van der Waals surface area (Å²) in [5.74, 6) is -19.6. The second kappa shape index (κ2) is 39.1. The topological polar surface area (TPSA) is 637 Å². The summed E-state index contributed by atoms with van der Waals surface area (Å²) in [6.07, 6.45) is -3.57. The van der Waals surface area contributed by atoms with Crippen LogP contribution in [0.1, 0.15) is 75.1 Å². The number of phenols is 1. The number of carbonyl (C=O) groups is 15. The molecule has 0 saturated carbocycles. The number of guanidine groups is 1. The number of hydrogen-bond acceptors (Lipinski definition) is 20. The summed E-state index contributed by atoms with van der Waals surface area (Å²) in [4.78, 5) is 205. The van der Waals surface area contributed by atoms with Crippen LogP contribution in [0.5, 0.6) is 5.75 Å². The van der Waals surface area contributed by atoms with Gasteiger partial charge in [0.05, 0.1) is 38.4 Å². The number of imidazole rings is 1. The average Bonchev–Trinajstić information content (AvgIpc) is 1.29. The van der Waals surface area contributed by atoms with E-state index >= 15 is 0 Å². The van der Waals surface area contributed by atoms with Crippen molar-refractivity contribution in [1.82, 2.24) is 63.1 Å². The number of aliphatic hydroxyl groups excluding tert-OH is 1. The first-order valence-electron chi connectivity index (χ1n) is 28.7. The summed E-state index contributed by atoms with van der Waals surface area (Å²) in [6, 6.07) is -4.08. The first-order valence-corrected chi connectivity index (χ1v) is 28.7. The van der Waals surface area contributed by atoms with E-state index in [4.69, 9.17) is 27.4 Å². The maximum Gasteiger partial charge on any atom is 0.326 e. The first kappa shape index (κ1) is 76.9. The number of nitrogens with zero attached hydrogens (tertiary/aromatic N) is 2. The van der Waals surface area contributed by atoms with Gasteiger partial charge in [0.2, 0.25) is 59.1 Å². The number of aromatic hydroxyl groups is 1. The van der Waals surface area contributed by atoms with E-state index in [0.717, 1.165) is 6.92 Å². The molecule has 0 aliphatic carbocycles. The molecule has 0 spiro atoms. The number of nitrogens with two attached hydrogens (primary N) is 3. The molecular formula is C56H76N16O22. The monoisotopic (exact) mass is 1320 g/mol. The molecule has 2 aromatic carbocycles. The van der Waals surface area contributed by atoms with Crippen molar-refractivity contribution in [3.8, 4) is 5.75 Å². The summed E-state index contributed by atoms with van der Waals surface area (Å²) < 4.78 is 0. The van der Waals surface area contributed by atoms with E-state index in [1.807, 2.05) is 0 Å². The third-order valence-corrected chi connectivity index (χ3v) is 13.4. The Labute approximate surface area is 533 Å². The maximum absolute atomic E-state index is 14.5. The number of amides is 10. The van der Waals surface area contributed by atoms with Crippen LogP contribution >= 0.6 is 0 Å². The van der Waals surface area contributed by atoms with Crippen molar-refractivity contribution in [2.75, 3.05) is 19.7 Å². The van der Waals surface area contributed by atoms with E-state index in [-0.39, 0.29) is 49.6 Å².